The molecule has 0 aromatic carbocycles. The van der Waals surface area contributed by atoms with Gasteiger partial charge in [0.1, 0.15) is 0 Å². The molecule has 0 rings (SSSR count). The summed E-state index contributed by atoms with van der Waals surface area (Å²) in [6.07, 6.45) is 0. The third-order valence-corrected chi connectivity index (χ3v) is 0. The molecule has 0 fully saturated rings. The summed E-state index contributed by atoms with van der Waals surface area (Å²) in [5, 5.41) is 0. The SMILES string of the molecule is [Fe].[Mn][Mo].[Zn]. The van der Waals surface area contributed by atoms with Crippen LogP contribution in [0.15, 0.2) is 0 Å². The predicted molar refractivity (Wildman–Crippen MR) is 0 cm³/mol. The van der Waals surface area contributed by atoms with E-state index < -0.39 is 0 Å². The van der Waals surface area contributed by atoms with E-state index in [0.29, 0.717) is 0 Å². The molecule has 23 valence electrons. The van der Waals surface area contributed by atoms with Crippen LogP contribution in [0, 0.1) is 0 Å². The molecule has 0 heterocycles. The summed E-state index contributed by atoms with van der Waals surface area (Å²) in [4.78, 5) is 0. The molecule has 0 N–H and O–H groups in total. The first-order valence-corrected chi connectivity index (χ1v) is 3.76. The molecule has 4 heavy (non-hydrogen) atoms. The maximum absolute atomic E-state index is 2.95. The van der Waals surface area contributed by atoms with Crippen molar-refractivity contribution in [2.24, 2.45) is 0 Å². The van der Waals surface area contributed by atoms with Gasteiger partial charge >= 0.3 is 31.1 Å². The minimum atomic E-state index is 0. The standard InChI is InChI=1S/Fe.Mn.Mo.Zn. The van der Waals surface area contributed by atoms with Crippen molar-refractivity contribution in [2.75, 3.05) is 0 Å². The molecule has 0 saturated carbocycles. The molecular weight excluding hydrogens is 272 g/mol. The fourth-order valence-electron chi connectivity index (χ4n) is 0. The molecule has 0 amide bonds. The van der Waals surface area contributed by atoms with Crippen LogP contribution in [0.5, 0.6) is 0 Å². The summed E-state index contributed by atoms with van der Waals surface area (Å²) in [6.45, 7) is 0. The minimum Gasteiger partial charge on any atom is 0 e. The molecule has 0 spiro atoms. The van der Waals surface area contributed by atoms with E-state index >= 15 is 0 Å². The Morgan fingerprint density at radius 1 is 1.25 bits per heavy atom. The third kappa shape index (κ3) is 8.84. The molecule has 4 heteroatoms. The van der Waals surface area contributed by atoms with Gasteiger partial charge in [0.15, 0.2) is 0 Å². The second-order valence-corrected chi connectivity index (χ2v) is 0. The Labute approximate surface area is 66.8 Å². The molecule has 0 aliphatic heterocycles. The van der Waals surface area contributed by atoms with Gasteiger partial charge in [0.2, 0.25) is 0 Å². The van der Waals surface area contributed by atoms with Crippen molar-refractivity contribution < 1.29 is 67.7 Å². The molecule has 0 saturated heterocycles. The molecule has 0 aliphatic carbocycles. The monoisotopic (exact) mass is 273 g/mol. The molecular formula is FeMnMoZn. The fraction of sp³-hybridized carbons (Fsp3) is 0. The summed E-state index contributed by atoms with van der Waals surface area (Å²) in [6, 6.07) is 0. The van der Waals surface area contributed by atoms with Crippen LogP contribution < -0.4 is 0 Å². The summed E-state index contributed by atoms with van der Waals surface area (Å²) in [7, 11) is 0. The smallest absolute Gasteiger partial charge is 0 e. The van der Waals surface area contributed by atoms with Crippen LogP contribution in [0.1, 0.15) is 0 Å². The van der Waals surface area contributed by atoms with Crippen LogP contribution in [-0.2, 0) is 67.7 Å². The van der Waals surface area contributed by atoms with Crippen LogP contribution in [0.25, 0.3) is 0 Å². The molecule has 0 nitrogen and oxygen atoms in total. The average Bonchev–Trinajstić information content (AvgIpc) is 1.00. The van der Waals surface area contributed by atoms with Crippen LogP contribution in [0.4, 0.5) is 0 Å². The van der Waals surface area contributed by atoms with Crippen molar-refractivity contribution in [1.29, 1.82) is 0 Å². The average molecular weight is 272 g/mol. The number of hydrogen-bond acceptors (Lipinski definition) is 0. The van der Waals surface area contributed by atoms with Crippen molar-refractivity contribution in [3.63, 3.8) is 0 Å². The van der Waals surface area contributed by atoms with Crippen LogP contribution in [0.3, 0.4) is 0 Å². The van der Waals surface area contributed by atoms with E-state index in [9.17, 15) is 0 Å². The van der Waals surface area contributed by atoms with Crippen molar-refractivity contribution >= 4 is 0 Å². The number of rotatable bonds is 0. The topological polar surface area (TPSA) is 0 Å². The van der Waals surface area contributed by atoms with Crippen LogP contribution >= 0.6 is 0 Å². The van der Waals surface area contributed by atoms with Crippen LogP contribution in [0.2, 0.25) is 0 Å². The Morgan fingerprint density at radius 3 is 1.25 bits per heavy atom. The van der Waals surface area contributed by atoms with Gasteiger partial charge < -0.3 is 0 Å². The van der Waals surface area contributed by atoms with Gasteiger partial charge in [-0.05, 0) is 0 Å². The second-order valence-electron chi connectivity index (χ2n) is 0. The van der Waals surface area contributed by atoms with Gasteiger partial charge in [0, 0.05) is 36.5 Å². The molecule has 0 atom stereocenters. The van der Waals surface area contributed by atoms with E-state index in [1.54, 1.807) is 17.7 Å². The van der Waals surface area contributed by atoms with Gasteiger partial charge in [-0.2, -0.15) is 0 Å². The van der Waals surface area contributed by atoms with Gasteiger partial charge in [-0.25, -0.2) is 0 Å². The molecule has 0 radical (unpaired) electrons. The summed E-state index contributed by atoms with van der Waals surface area (Å²) < 4.78 is 0. The molecule has 0 aliphatic rings. The Balaban J connectivity index is -0.00000000500. The van der Waals surface area contributed by atoms with E-state index in [-0.39, 0.29) is 36.5 Å². The van der Waals surface area contributed by atoms with Crippen molar-refractivity contribution in [2.45, 2.75) is 0 Å². The van der Waals surface area contributed by atoms with Gasteiger partial charge in [-0.15, -0.1) is 0 Å². The summed E-state index contributed by atoms with van der Waals surface area (Å²) >= 11 is 4.71. The molecule has 0 bridgehead atoms. The maximum Gasteiger partial charge on any atom is 0 e. The number of hydrogen-bond donors (Lipinski definition) is 0. The Bertz CT molecular complexity index is 8.00. The predicted octanol–water partition coefficient (Wildman–Crippen LogP) is -0.0100. The summed E-state index contributed by atoms with van der Waals surface area (Å²) in [5.74, 6) is 0. The summed E-state index contributed by atoms with van der Waals surface area (Å²) in [5.41, 5.74) is 0. The van der Waals surface area contributed by atoms with Gasteiger partial charge in [0.25, 0.3) is 0 Å². The zero-order valence-electron chi connectivity index (χ0n) is 1.85. The van der Waals surface area contributed by atoms with Crippen LogP contribution in [-0.4, -0.2) is 0 Å². The zero-order chi connectivity index (χ0) is 2.00. The van der Waals surface area contributed by atoms with Gasteiger partial charge in [-0.1, -0.05) is 0 Å². The zero-order valence-corrected chi connectivity index (χ0v) is 9.11. The quantitative estimate of drug-likeness (QED) is 0.544. The first kappa shape index (κ1) is 16.2. The largest absolute Gasteiger partial charge is 0 e. The fourth-order valence-corrected chi connectivity index (χ4v) is 0. The van der Waals surface area contributed by atoms with Gasteiger partial charge in [-0.3, -0.25) is 0 Å². The second kappa shape index (κ2) is 18.3. The Hall–Kier alpha value is 2.35. The first-order chi connectivity index (χ1) is 1.00. The van der Waals surface area contributed by atoms with E-state index in [4.69, 9.17) is 0 Å². The third-order valence-electron chi connectivity index (χ3n) is 0. The maximum atomic E-state index is 2.95. The first-order valence-electron chi connectivity index (χ1n) is 0.154. The molecule has 0 aromatic rings. The molecule has 0 aromatic heterocycles. The Kier molecular flexibility index (Phi) is 74.2. The Morgan fingerprint density at radius 2 is 1.25 bits per heavy atom. The molecule has 0 unspecified atom stereocenters. The van der Waals surface area contributed by atoms with Crippen molar-refractivity contribution in [1.82, 2.24) is 0 Å². The van der Waals surface area contributed by atoms with Crippen molar-refractivity contribution in [3.8, 4) is 0 Å². The van der Waals surface area contributed by atoms with E-state index in [2.05, 4.69) is 13.4 Å². The van der Waals surface area contributed by atoms with E-state index in [1.807, 2.05) is 0 Å². The van der Waals surface area contributed by atoms with Crippen molar-refractivity contribution in [3.05, 3.63) is 0 Å². The van der Waals surface area contributed by atoms with E-state index in [1.165, 1.54) is 0 Å². The minimum absolute atomic E-state index is 0. The normalized spacial score (nSPS) is 1.25. The van der Waals surface area contributed by atoms with Gasteiger partial charge in [0.05, 0.1) is 0 Å². The van der Waals surface area contributed by atoms with E-state index in [0.717, 1.165) is 0 Å².